The Morgan fingerprint density at radius 1 is 1.19 bits per heavy atom. The average Bonchev–Trinajstić information content (AvgIpc) is 3.14. The zero-order valence-corrected chi connectivity index (χ0v) is 18.7. The number of carbonyl (C=O) groups is 2. The summed E-state index contributed by atoms with van der Waals surface area (Å²) in [5.41, 5.74) is 2.50. The Morgan fingerprint density at radius 2 is 1.97 bits per heavy atom. The third-order valence-corrected chi connectivity index (χ3v) is 6.34. The number of nitrogens with one attached hydrogen (secondary N) is 1. The molecular formula is C24H25FN4O2S. The van der Waals surface area contributed by atoms with Crippen molar-refractivity contribution in [1.29, 1.82) is 0 Å². The molecule has 2 amide bonds. The molecule has 0 saturated carbocycles. The van der Waals surface area contributed by atoms with Crippen LogP contribution in [-0.2, 0) is 15.3 Å². The summed E-state index contributed by atoms with van der Waals surface area (Å²) in [6.45, 7) is 2.72. The molecule has 2 aliphatic heterocycles. The number of para-hydroxylation sites is 1. The van der Waals surface area contributed by atoms with Crippen LogP contribution in [0.1, 0.15) is 43.7 Å². The van der Waals surface area contributed by atoms with E-state index in [1.165, 1.54) is 23.9 Å². The van der Waals surface area contributed by atoms with E-state index in [0.29, 0.717) is 29.7 Å². The van der Waals surface area contributed by atoms with Gasteiger partial charge in [-0.05, 0) is 42.7 Å². The Morgan fingerprint density at radius 3 is 2.75 bits per heavy atom. The van der Waals surface area contributed by atoms with Crippen LogP contribution in [0.3, 0.4) is 0 Å². The Bertz CT molecular complexity index is 1070. The Labute approximate surface area is 191 Å². The molecule has 0 spiro atoms. The van der Waals surface area contributed by atoms with E-state index in [-0.39, 0.29) is 24.1 Å². The van der Waals surface area contributed by atoms with Gasteiger partial charge >= 0.3 is 0 Å². The van der Waals surface area contributed by atoms with Crippen molar-refractivity contribution in [3.63, 3.8) is 0 Å². The van der Waals surface area contributed by atoms with Crippen LogP contribution in [0.4, 0.5) is 10.1 Å². The maximum atomic E-state index is 13.2. The van der Waals surface area contributed by atoms with Crippen LogP contribution in [0.2, 0.25) is 0 Å². The number of amides is 2. The van der Waals surface area contributed by atoms with Gasteiger partial charge in [-0.15, -0.1) is 0 Å². The van der Waals surface area contributed by atoms with Gasteiger partial charge in [0.15, 0.2) is 5.17 Å². The summed E-state index contributed by atoms with van der Waals surface area (Å²) in [6, 6.07) is 13.3. The van der Waals surface area contributed by atoms with Crippen molar-refractivity contribution < 1.29 is 14.0 Å². The molecule has 0 aliphatic carbocycles. The second kappa shape index (κ2) is 10.1. The van der Waals surface area contributed by atoms with Gasteiger partial charge < -0.3 is 5.32 Å². The molecule has 166 valence electrons. The second-order valence-corrected chi connectivity index (χ2v) is 8.65. The maximum Gasteiger partial charge on any atom is 0.259 e. The number of hydrogen-bond acceptors (Lipinski definition) is 5. The number of nitrogens with zero attached hydrogens (tertiary/aromatic N) is 3. The molecule has 0 saturated heterocycles. The largest absolute Gasteiger partial charge is 0.356 e. The lowest BCUT2D eigenvalue weighted by Gasteiger charge is -2.25. The van der Waals surface area contributed by atoms with Crippen molar-refractivity contribution in [3.8, 4) is 0 Å². The van der Waals surface area contributed by atoms with Gasteiger partial charge in [0.25, 0.3) is 5.91 Å². The number of benzene rings is 2. The number of fused-ring (bicyclic) bond motifs is 3. The minimum Gasteiger partial charge on any atom is -0.356 e. The van der Waals surface area contributed by atoms with E-state index in [9.17, 15) is 14.0 Å². The van der Waals surface area contributed by atoms with Gasteiger partial charge in [0.05, 0.1) is 5.69 Å². The Balaban J connectivity index is 1.50. The van der Waals surface area contributed by atoms with Gasteiger partial charge in [-0.1, -0.05) is 49.4 Å². The molecule has 0 bridgehead atoms. The smallest absolute Gasteiger partial charge is 0.259 e. The topological polar surface area (TPSA) is 74.1 Å². The quantitative estimate of drug-likeness (QED) is 0.603. The number of unbranched alkanes of at least 4 members (excludes halogenated alkanes) is 1. The first-order valence-electron chi connectivity index (χ1n) is 10.8. The molecule has 0 radical (unpaired) electrons. The van der Waals surface area contributed by atoms with Gasteiger partial charge in [0, 0.05) is 24.3 Å². The summed E-state index contributed by atoms with van der Waals surface area (Å²) in [5.74, 6) is 0.618. The third-order valence-electron chi connectivity index (χ3n) is 5.33. The standard InChI is InChI=1S/C24H25FN4O2S/c1-2-3-14-26-21(30)13-12-20-23(31)29-22(27-20)18-6-4-5-7-19(18)28-24(29)32-15-16-8-10-17(25)11-9-16/h4-11,20H,2-3,12-15H2,1H3,(H,26,30)/t20-/m0/s1. The van der Waals surface area contributed by atoms with Gasteiger partial charge in [-0.3, -0.25) is 14.6 Å². The summed E-state index contributed by atoms with van der Waals surface area (Å²) in [6.07, 6.45) is 2.56. The lowest BCUT2D eigenvalue weighted by atomic mass is 10.1. The van der Waals surface area contributed by atoms with E-state index in [1.54, 1.807) is 17.0 Å². The van der Waals surface area contributed by atoms with Crippen LogP contribution in [-0.4, -0.2) is 40.3 Å². The van der Waals surface area contributed by atoms with Crippen LogP contribution in [0.25, 0.3) is 0 Å². The monoisotopic (exact) mass is 452 g/mol. The highest BCUT2D eigenvalue weighted by molar-refractivity contribution is 8.13. The summed E-state index contributed by atoms with van der Waals surface area (Å²) in [5, 5.41) is 3.43. The molecule has 4 rings (SSSR count). The van der Waals surface area contributed by atoms with E-state index in [4.69, 9.17) is 4.99 Å². The summed E-state index contributed by atoms with van der Waals surface area (Å²) >= 11 is 1.41. The molecule has 1 N–H and O–H groups in total. The SMILES string of the molecule is CCCCNC(=O)CC[C@@H]1N=C2c3ccccc3N=C(SCc3ccc(F)cc3)N2C1=O. The van der Waals surface area contributed by atoms with Crippen molar-refractivity contribution in [1.82, 2.24) is 10.2 Å². The van der Waals surface area contributed by atoms with Crippen molar-refractivity contribution in [3.05, 3.63) is 65.5 Å². The van der Waals surface area contributed by atoms with Crippen molar-refractivity contribution in [2.75, 3.05) is 6.54 Å². The fourth-order valence-electron chi connectivity index (χ4n) is 3.58. The molecule has 32 heavy (non-hydrogen) atoms. The lowest BCUT2D eigenvalue weighted by molar-refractivity contribution is -0.125. The number of amidine groups is 2. The molecule has 2 aliphatic rings. The normalized spacial score (nSPS) is 16.9. The van der Waals surface area contributed by atoms with E-state index in [2.05, 4.69) is 17.2 Å². The second-order valence-electron chi connectivity index (χ2n) is 7.71. The van der Waals surface area contributed by atoms with Crippen LogP contribution in [0.15, 0.2) is 58.5 Å². The number of thioether (sulfide) groups is 1. The number of aliphatic imine (C=N–C) groups is 2. The first-order chi connectivity index (χ1) is 15.6. The predicted molar refractivity (Wildman–Crippen MR) is 126 cm³/mol. The summed E-state index contributed by atoms with van der Waals surface area (Å²) in [4.78, 5) is 36.3. The lowest BCUT2D eigenvalue weighted by Crippen LogP contribution is -2.41. The summed E-state index contributed by atoms with van der Waals surface area (Å²) in [7, 11) is 0. The van der Waals surface area contributed by atoms with Crippen LogP contribution in [0, 0.1) is 5.82 Å². The molecule has 6 nitrogen and oxygen atoms in total. The molecule has 2 aromatic rings. The van der Waals surface area contributed by atoms with Gasteiger partial charge in [0.2, 0.25) is 5.91 Å². The number of hydrogen-bond donors (Lipinski definition) is 1. The molecule has 0 unspecified atom stereocenters. The van der Waals surface area contributed by atoms with E-state index in [0.717, 1.165) is 29.7 Å². The number of carbonyl (C=O) groups excluding carboxylic acids is 2. The van der Waals surface area contributed by atoms with Crippen LogP contribution < -0.4 is 5.32 Å². The van der Waals surface area contributed by atoms with Gasteiger partial charge in [0.1, 0.15) is 17.7 Å². The van der Waals surface area contributed by atoms with E-state index in [1.807, 2.05) is 24.3 Å². The van der Waals surface area contributed by atoms with Gasteiger partial charge in [-0.2, -0.15) is 0 Å². The predicted octanol–water partition coefficient (Wildman–Crippen LogP) is 4.41. The van der Waals surface area contributed by atoms with E-state index >= 15 is 0 Å². The van der Waals surface area contributed by atoms with Crippen molar-refractivity contribution in [2.24, 2.45) is 9.98 Å². The number of halogens is 1. The van der Waals surface area contributed by atoms with Crippen LogP contribution in [0.5, 0.6) is 0 Å². The zero-order valence-electron chi connectivity index (χ0n) is 17.9. The Kier molecular flexibility index (Phi) is 6.99. The highest BCUT2D eigenvalue weighted by Crippen LogP contribution is 2.35. The van der Waals surface area contributed by atoms with E-state index < -0.39 is 6.04 Å². The maximum absolute atomic E-state index is 13.2. The average molecular weight is 453 g/mol. The zero-order chi connectivity index (χ0) is 22.5. The Hall–Kier alpha value is -3.00. The molecule has 2 heterocycles. The van der Waals surface area contributed by atoms with Crippen molar-refractivity contribution >= 4 is 40.3 Å². The highest BCUT2D eigenvalue weighted by atomic mass is 32.2. The minimum atomic E-state index is -0.607. The molecule has 8 heteroatoms. The fraction of sp³-hybridized carbons (Fsp3) is 0.333. The summed E-state index contributed by atoms with van der Waals surface area (Å²) < 4.78 is 13.2. The minimum absolute atomic E-state index is 0.0590. The van der Waals surface area contributed by atoms with Crippen molar-refractivity contribution in [2.45, 2.75) is 44.4 Å². The third kappa shape index (κ3) is 4.91. The molecule has 0 fully saturated rings. The molecule has 0 aromatic heterocycles. The first-order valence-corrected chi connectivity index (χ1v) is 11.8. The number of rotatable bonds is 8. The molecular weight excluding hydrogens is 427 g/mol. The highest BCUT2D eigenvalue weighted by Gasteiger charge is 2.41. The molecule has 2 aromatic carbocycles. The van der Waals surface area contributed by atoms with Gasteiger partial charge in [-0.25, -0.2) is 14.3 Å². The fourth-order valence-corrected chi connectivity index (χ4v) is 4.53. The van der Waals surface area contributed by atoms with Crippen LogP contribution >= 0.6 is 11.8 Å². The first kappa shape index (κ1) is 22.2. The molecule has 1 atom stereocenters.